The lowest BCUT2D eigenvalue weighted by Gasteiger charge is -2.22. The Bertz CT molecular complexity index is 510. The molecule has 126 valence electrons. The molecule has 0 aromatic heterocycles. The molecule has 1 aromatic carbocycles. The third-order valence-electron chi connectivity index (χ3n) is 3.30. The van der Waals surface area contributed by atoms with Gasteiger partial charge in [0.15, 0.2) is 6.10 Å². The number of carbonyl (C=O) groups excluding carboxylic acids is 1. The van der Waals surface area contributed by atoms with E-state index in [1.165, 1.54) is 0 Å². The molecule has 2 rings (SSSR count). The Hall–Kier alpha value is -2.12. The summed E-state index contributed by atoms with van der Waals surface area (Å²) in [5.41, 5.74) is 0.938. The molecule has 1 heterocycles. The number of rotatable bonds is 8. The Morgan fingerprint density at radius 1 is 1.26 bits per heavy atom. The van der Waals surface area contributed by atoms with E-state index in [-0.39, 0.29) is 18.9 Å². The highest BCUT2D eigenvalue weighted by Crippen LogP contribution is 2.13. The number of benzene rings is 1. The number of carbonyl (C=O) groups is 2. The molecular formula is C16H21NO6. The van der Waals surface area contributed by atoms with Crippen molar-refractivity contribution < 1.29 is 28.9 Å². The van der Waals surface area contributed by atoms with Crippen molar-refractivity contribution in [2.45, 2.75) is 25.5 Å². The van der Waals surface area contributed by atoms with Gasteiger partial charge in [0.1, 0.15) is 5.75 Å². The zero-order valence-electron chi connectivity index (χ0n) is 12.8. The van der Waals surface area contributed by atoms with Gasteiger partial charge in [0.2, 0.25) is 0 Å². The Morgan fingerprint density at radius 2 is 2.04 bits per heavy atom. The summed E-state index contributed by atoms with van der Waals surface area (Å²) < 4.78 is 16.0. The number of nitrogens with one attached hydrogen (secondary N) is 1. The zero-order chi connectivity index (χ0) is 16.5. The Labute approximate surface area is 134 Å². The molecule has 1 unspecified atom stereocenters. The van der Waals surface area contributed by atoms with Gasteiger partial charge in [-0.05, 0) is 24.1 Å². The number of hydrogen-bond acceptors (Lipinski definition) is 5. The van der Waals surface area contributed by atoms with E-state index in [1.807, 2.05) is 12.1 Å². The molecule has 1 amide bonds. The van der Waals surface area contributed by atoms with Gasteiger partial charge in [-0.2, -0.15) is 0 Å². The lowest BCUT2D eigenvalue weighted by Crippen LogP contribution is -2.42. The maximum Gasteiger partial charge on any atom is 0.303 e. The summed E-state index contributed by atoms with van der Waals surface area (Å²) >= 11 is 0. The second-order valence-electron chi connectivity index (χ2n) is 5.14. The average molecular weight is 323 g/mol. The van der Waals surface area contributed by atoms with Crippen LogP contribution in [-0.4, -0.2) is 49.5 Å². The first-order chi connectivity index (χ1) is 11.1. The predicted octanol–water partition coefficient (Wildman–Crippen LogP) is 0.962. The summed E-state index contributed by atoms with van der Waals surface area (Å²) in [7, 11) is 0. The first-order valence-corrected chi connectivity index (χ1v) is 7.56. The molecule has 0 aliphatic carbocycles. The number of hydrogen-bond donors (Lipinski definition) is 2. The fraction of sp³-hybridized carbons (Fsp3) is 0.500. The fourth-order valence-corrected chi connectivity index (χ4v) is 2.06. The van der Waals surface area contributed by atoms with Gasteiger partial charge in [-0.15, -0.1) is 0 Å². The van der Waals surface area contributed by atoms with Gasteiger partial charge < -0.3 is 24.6 Å². The molecule has 1 aromatic rings. The van der Waals surface area contributed by atoms with Crippen molar-refractivity contribution in [2.24, 2.45) is 0 Å². The molecule has 1 fully saturated rings. The van der Waals surface area contributed by atoms with Gasteiger partial charge in [-0.25, -0.2) is 0 Å². The molecule has 0 radical (unpaired) electrons. The zero-order valence-corrected chi connectivity index (χ0v) is 12.8. The Balaban J connectivity index is 1.69. The minimum atomic E-state index is -0.827. The smallest absolute Gasteiger partial charge is 0.303 e. The van der Waals surface area contributed by atoms with E-state index in [0.717, 1.165) is 5.56 Å². The normalized spacial score (nSPS) is 17.5. The molecule has 1 saturated heterocycles. The molecule has 0 bridgehead atoms. The lowest BCUT2D eigenvalue weighted by molar-refractivity contribution is -0.147. The van der Waals surface area contributed by atoms with Crippen LogP contribution in [0.4, 0.5) is 0 Å². The molecule has 1 aliphatic heterocycles. The first kappa shape index (κ1) is 17.2. The third kappa shape index (κ3) is 6.25. The van der Waals surface area contributed by atoms with Gasteiger partial charge in [0, 0.05) is 13.0 Å². The number of aliphatic carboxylic acids is 1. The maximum atomic E-state index is 11.9. The lowest BCUT2D eigenvalue weighted by atomic mass is 10.2. The van der Waals surface area contributed by atoms with Gasteiger partial charge in [0.05, 0.1) is 26.4 Å². The Kier molecular flexibility index (Phi) is 6.83. The minimum absolute atomic E-state index is 0.0943. The van der Waals surface area contributed by atoms with Crippen LogP contribution in [0.2, 0.25) is 0 Å². The van der Waals surface area contributed by atoms with Crippen LogP contribution in [0.5, 0.6) is 5.75 Å². The molecule has 1 atom stereocenters. The van der Waals surface area contributed by atoms with Crippen LogP contribution in [0.25, 0.3) is 0 Å². The number of carboxylic acid groups (broad SMARTS) is 1. The van der Waals surface area contributed by atoms with Gasteiger partial charge >= 0.3 is 5.97 Å². The monoisotopic (exact) mass is 323 g/mol. The first-order valence-electron chi connectivity index (χ1n) is 7.56. The quantitative estimate of drug-likeness (QED) is 0.692. The van der Waals surface area contributed by atoms with Crippen molar-refractivity contribution in [3.05, 3.63) is 29.8 Å². The van der Waals surface area contributed by atoms with E-state index in [0.29, 0.717) is 38.5 Å². The molecule has 1 aliphatic rings. The molecular weight excluding hydrogens is 302 g/mol. The van der Waals surface area contributed by atoms with Crippen molar-refractivity contribution >= 4 is 11.9 Å². The van der Waals surface area contributed by atoms with Crippen molar-refractivity contribution in [3.63, 3.8) is 0 Å². The highest BCUT2D eigenvalue weighted by molar-refractivity contribution is 5.80. The van der Waals surface area contributed by atoms with E-state index >= 15 is 0 Å². The van der Waals surface area contributed by atoms with Crippen LogP contribution in [-0.2, 0) is 25.6 Å². The molecule has 23 heavy (non-hydrogen) atoms. The van der Waals surface area contributed by atoms with Crippen LogP contribution in [0.3, 0.4) is 0 Å². The van der Waals surface area contributed by atoms with Crippen LogP contribution >= 0.6 is 0 Å². The van der Waals surface area contributed by atoms with Crippen LogP contribution < -0.4 is 10.1 Å². The molecule has 0 saturated carbocycles. The maximum absolute atomic E-state index is 11.9. The van der Waals surface area contributed by atoms with E-state index < -0.39 is 12.1 Å². The number of ether oxygens (including phenoxy) is 3. The molecule has 2 N–H and O–H groups in total. The van der Waals surface area contributed by atoms with Gasteiger partial charge in [-0.3, -0.25) is 9.59 Å². The van der Waals surface area contributed by atoms with Crippen molar-refractivity contribution in [2.75, 3.05) is 26.4 Å². The standard InChI is InChI=1S/C16H21NO6/c18-15(19)2-1-7-22-13-5-3-12(4-6-13)10-17-16(20)14-11-21-8-9-23-14/h3-6,14H,1-2,7-11H2,(H,17,20)(H,18,19). The summed E-state index contributed by atoms with van der Waals surface area (Å²) in [6.07, 6.45) is 0.0220. The summed E-state index contributed by atoms with van der Waals surface area (Å²) in [4.78, 5) is 22.3. The topological polar surface area (TPSA) is 94.1 Å². The van der Waals surface area contributed by atoms with Crippen LogP contribution in [0.1, 0.15) is 18.4 Å². The van der Waals surface area contributed by atoms with E-state index in [9.17, 15) is 9.59 Å². The summed E-state index contributed by atoms with van der Waals surface area (Å²) in [6, 6.07) is 7.29. The fourth-order valence-electron chi connectivity index (χ4n) is 2.06. The van der Waals surface area contributed by atoms with E-state index in [2.05, 4.69) is 5.32 Å². The second-order valence-corrected chi connectivity index (χ2v) is 5.14. The van der Waals surface area contributed by atoms with Crippen LogP contribution in [0, 0.1) is 0 Å². The Morgan fingerprint density at radius 3 is 2.70 bits per heavy atom. The number of carboxylic acids is 1. The molecule has 7 nitrogen and oxygen atoms in total. The molecule has 0 spiro atoms. The van der Waals surface area contributed by atoms with E-state index in [4.69, 9.17) is 19.3 Å². The van der Waals surface area contributed by atoms with Crippen molar-refractivity contribution in [1.29, 1.82) is 0 Å². The highest BCUT2D eigenvalue weighted by Gasteiger charge is 2.22. The average Bonchev–Trinajstić information content (AvgIpc) is 2.58. The van der Waals surface area contributed by atoms with Gasteiger partial charge in [-0.1, -0.05) is 12.1 Å². The predicted molar refractivity (Wildman–Crippen MR) is 81.2 cm³/mol. The second kappa shape index (κ2) is 9.12. The van der Waals surface area contributed by atoms with Crippen LogP contribution in [0.15, 0.2) is 24.3 Å². The van der Waals surface area contributed by atoms with Crippen molar-refractivity contribution in [3.8, 4) is 5.75 Å². The number of amides is 1. The van der Waals surface area contributed by atoms with Gasteiger partial charge in [0.25, 0.3) is 5.91 Å². The largest absolute Gasteiger partial charge is 0.494 e. The summed E-state index contributed by atoms with van der Waals surface area (Å²) in [5.74, 6) is -0.333. The highest BCUT2D eigenvalue weighted by atomic mass is 16.6. The molecule has 7 heteroatoms. The summed E-state index contributed by atoms with van der Waals surface area (Å²) in [5, 5.41) is 11.3. The SMILES string of the molecule is O=C(O)CCCOc1ccc(CNC(=O)C2COCCO2)cc1. The van der Waals surface area contributed by atoms with E-state index in [1.54, 1.807) is 12.1 Å². The summed E-state index contributed by atoms with van der Waals surface area (Å²) in [6.45, 7) is 2.01. The third-order valence-corrected chi connectivity index (χ3v) is 3.30. The van der Waals surface area contributed by atoms with Crippen molar-refractivity contribution in [1.82, 2.24) is 5.32 Å². The minimum Gasteiger partial charge on any atom is -0.494 e.